The second-order valence-electron chi connectivity index (χ2n) is 5.22. The standard InChI is InChI=1S/C14H22BrN3O/c1-4-7-19-13-8-11(3)16-14(17-13)18-6-5-10(2)12(15)9-18/h8,10,12H,4-7,9H2,1-3H3. The molecule has 4 nitrogen and oxygen atoms in total. The Kier molecular flexibility index (Phi) is 5.02. The van der Waals surface area contributed by atoms with Gasteiger partial charge in [0.2, 0.25) is 11.8 Å². The summed E-state index contributed by atoms with van der Waals surface area (Å²) < 4.78 is 5.63. The summed E-state index contributed by atoms with van der Waals surface area (Å²) >= 11 is 3.74. The molecule has 0 radical (unpaired) electrons. The molecule has 5 heteroatoms. The molecular formula is C14H22BrN3O. The zero-order valence-corrected chi connectivity index (χ0v) is 13.5. The van der Waals surface area contributed by atoms with Crippen molar-refractivity contribution in [2.75, 3.05) is 24.6 Å². The van der Waals surface area contributed by atoms with Gasteiger partial charge in [-0.05, 0) is 25.7 Å². The van der Waals surface area contributed by atoms with E-state index < -0.39 is 0 Å². The van der Waals surface area contributed by atoms with Gasteiger partial charge in [-0.15, -0.1) is 0 Å². The number of aryl methyl sites for hydroxylation is 1. The van der Waals surface area contributed by atoms with Gasteiger partial charge in [0.1, 0.15) is 0 Å². The van der Waals surface area contributed by atoms with Crippen LogP contribution in [0.15, 0.2) is 6.07 Å². The largest absolute Gasteiger partial charge is 0.478 e. The van der Waals surface area contributed by atoms with Crippen molar-refractivity contribution < 1.29 is 4.74 Å². The molecule has 1 aliphatic heterocycles. The lowest BCUT2D eigenvalue weighted by Crippen LogP contribution is -2.41. The first-order chi connectivity index (χ1) is 9.10. The maximum atomic E-state index is 5.63. The van der Waals surface area contributed by atoms with Crippen molar-refractivity contribution in [3.63, 3.8) is 0 Å². The number of hydrogen-bond donors (Lipinski definition) is 0. The zero-order chi connectivity index (χ0) is 13.8. The number of anilines is 1. The number of rotatable bonds is 4. The Morgan fingerprint density at radius 2 is 2.26 bits per heavy atom. The van der Waals surface area contributed by atoms with E-state index in [1.54, 1.807) is 0 Å². The van der Waals surface area contributed by atoms with Crippen LogP contribution in [0, 0.1) is 12.8 Å². The molecule has 1 aromatic rings. The van der Waals surface area contributed by atoms with Crippen LogP contribution in [-0.2, 0) is 0 Å². The molecule has 0 aromatic carbocycles. The Hall–Kier alpha value is -0.840. The summed E-state index contributed by atoms with van der Waals surface area (Å²) in [4.78, 5) is 11.8. The first kappa shape index (κ1) is 14.6. The summed E-state index contributed by atoms with van der Waals surface area (Å²) in [5.74, 6) is 2.19. The third-order valence-corrected chi connectivity index (χ3v) is 4.61. The van der Waals surface area contributed by atoms with E-state index in [0.29, 0.717) is 23.2 Å². The summed E-state index contributed by atoms with van der Waals surface area (Å²) in [5, 5.41) is 0. The molecule has 1 aromatic heterocycles. The van der Waals surface area contributed by atoms with Crippen molar-refractivity contribution in [1.29, 1.82) is 0 Å². The third kappa shape index (κ3) is 3.81. The molecule has 0 amide bonds. The average Bonchev–Trinajstić information content (AvgIpc) is 2.39. The summed E-state index contributed by atoms with van der Waals surface area (Å²) in [6.07, 6.45) is 2.15. The highest BCUT2D eigenvalue weighted by molar-refractivity contribution is 9.09. The van der Waals surface area contributed by atoms with Crippen LogP contribution in [0.4, 0.5) is 5.95 Å². The van der Waals surface area contributed by atoms with Crippen molar-refractivity contribution in [2.24, 2.45) is 5.92 Å². The second-order valence-corrected chi connectivity index (χ2v) is 6.40. The van der Waals surface area contributed by atoms with E-state index >= 15 is 0 Å². The molecular weight excluding hydrogens is 306 g/mol. The Labute approximate surface area is 123 Å². The molecule has 1 aliphatic rings. The minimum Gasteiger partial charge on any atom is -0.478 e. The van der Waals surface area contributed by atoms with Crippen molar-refractivity contribution >= 4 is 21.9 Å². The predicted octanol–water partition coefficient (Wildman–Crippen LogP) is 3.18. The van der Waals surface area contributed by atoms with Gasteiger partial charge < -0.3 is 9.64 Å². The Bertz CT molecular complexity index is 427. The molecule has 0 saturated carbocycles. The van der Waals surface area contributed by atoms with Crippen LogP contribution in [0.3, 0.4) is 0 Å². The monoisotopic (exact) mass is 327 g/mol. The minimum atomic E-state index is 0.505. The smallest absolute Gasteiger partial charge is 0.228 e. The number of alkyl halides is 1. The van der Waals surface area contributed by atoms with Crippen molar-refractivity contribution in [3.05, 3.63) is 11.8 Å². The van der Waals surface area contributed by atoms with Crippen LogP contribution in [0.2, 0.25) is 0 Å². The fraction of sp³-hybridized carbons (Fsp3) is 0.714. The highest BCUT2D eigenvalue weighted by Gasteiger charge is 2.25. The third-order valence-electron chi connectivity index (χ3n) is 3.42. The van der Waals surface area contributed by atoms with Gasteiger partial charge in [0.15, 0.2) is 0 Å². The van der Waals surface area contributed by atoms with Gasteiger partial charge in [-0.25, -0.2) is 4.98 Å². The van der Waals surface area contributed by atoms with Crippen LogP contribution in [-0.4, -0.2) is 34.5 Å². The van der Waals surface area contributed by atoms with E-state index in [4.69, 9.17) is 4.74 Å². The van der Waals surface area contributed by atoms with Gasteiger partial charge in [-0.2, -0.15) is 4.98 Å². The first-order valence-electron chi connectivity index (χ1n) is 6.97. The maximum Gasteiger partial charge on any atom is 0.228 e. The lowest BCUT2D eigenvalue weighted by Gasteiger charge is -2.34. The average molecular weight is 328 g/mol. The fourth-order valence-electron chi connectivity index (χ4n) is 2.15. The van der Waals surface area contributed by atoms with Crippen LogP contribution < -0.4 is 9.64 Å². The molecule has 2 heterocycles. The lowest BCUT2D eigenvalue weighted by atomic mass is 9.99. The first-order valence-corrected chi connectivity index (χ1v) is 7.89. The molecule has 0 spiro atoms. The highest BCUT2D eigenvalue weighted by Crippen LogP contribution is 2.26. The molecule has 0 bridgehead atoms. The Balaban J connectivity index is 2.13. The maximum absolute atomic E-state index is 5.63. The number of piperidine rings is 1. The molecule has 2 unspecified atom stereocenters. The number of aromatic nitrogens is 2. The molecule has 2 rings (SSSR count). The number of ether oxygens (including phenoxy) is 1. The van der Waals surface area contributed by atoms with E-state index in [2.05, 4.69) is 44.6 Å². The Morgan fingerprint density at radius 1 is 1.47 bits per heavy atom. The summed E-state index contributed by atoms with van der Waals surface area (Å²) in [6.45, 7) is 9.04. The molecule has 1 fully saturated rings. The molecule has 0 aliphatic carbocycles. The topological polar surface area (TPSA) is 38.2 Å². The molecule has 106 valence electrons. The van der Waals surface area contributed by atoms with E-state index in [0.717, 1.165) is 31.2 Å². The lowest BCUT2D eigenvalue weighted by molar-refractivity contribution is 0.304. The van der Waals surface area contributed by atoms with Crippen LogP contribution in [0.25, 0.3) is 0 Å². The van der Waals surface area contributed by atoms with Crippen LogP contribution in [0.1, 0.15) is 32.4 Å². The predicted molar refractivity (Wildman–Crippen MR) is 81.3 cm³/mol. The molecule has 2 atom stereocenters. The minimum absolute atomic E-state index is 0.505. The van der Waals surface area contributed by atoms with Gasteiger partial charge in [-0.3, -0.25) is 0 Å². The second kappa shape index (κ2) is 6.55. The SMILES string of the molecule is CCCOc1cc(C)nc(N2CCC(C)C(Br)C2)n1. The van der Waals surface area contributed by atoms with E-state index in [9.17, 15) is 0 Å². The fourth-order valence-corrected chi connectivity index (χ4v) is 2.76. The normalized spacial score (nSPS) is 23.5. The van der Waals surface area contributed by atoms with Gasteiger partial charge in [0, 0.05) is 29.7 Å². The number of halogens is 1. The molecule has 1 saturated heterocycles. The number of nitrogens with zero attached hydrogens (tertiary/aromatic N) is 3. The van der Waals surface area contributed by atoms with Gasteiger partial charge in [-0.1, -0.05) is 29.8 Å². The summed E-state index contributed by atoms with van der Waals surface area (Å²) in [6, 6.07) is 1.90. The zero-order valence-electron chi connectivity index (χ0n) is 11.9. The Morgan fingerprint density at radius 3 is 2.95 bits per heavy atom. The molecule has 0 N–H and O–H groups in total. The van der Waals surface area contributed by atoms with E-state index in [1.165, 1.54) is 6.42 Å². The van der Waals surface area contributed by atoms with Gasteiger partial charge in [0.25, 0.3) is 0 Å². The van der Waals surface area contributed by atoms with E-state index in [-0.39, 0.29) is 0 Å². The van der Waals surface area contributed by atoms with Crippen molar-refractivity contribution in [3.8, 4) is 5.88 Å². The van der Waals surface area contributed by atoms with Crippen LogP contribution in [0.5, 0.6) is 5.88 Å². The summed E-state index contributed by atoms with van der Waals surface area (Å²) in [5.41, 5.74) is 0.959. The highest BCUT2D eigenvalue weighted by atomic mass is 79.9. The van der Waals surface area contributed by atoms with Crippen molar-refractivity contribution in [2.45, 2.75) is 38.4 Å². The van der Waals surface area contributed by atoms with E-state index in [1.807, 2.05) is 13.0 Å². The van der Waals surface area contributed by atoms with Gasteiger partial charge >= 0.3 is 0 Å². The van der Waals surface area contributed by atoms with Crippen LogP contribution >= 0.6 is 15.9 Å². The van der Waals surface area contributed by atoms with Gasteiger partial charge in [0.05, 0.1) is 6.61 Å². The number of hydrogen-bond acceptors (Lipinski definition) is 4. The molecule has 19 heavy (non-hydrogen) atoms. The van der Waals surface area contributed by atoms with Crippen molar-refractivity contribution in [1.82, 2.24) is 9.97 Å². The quantitative estimate of drug-likeness (QED) is 0.796. The summed E-state index contributed by atoms with van der Waals surface area (Å²) in [7, 11) is 0.